The topological polar surface area (TPSA) is 49.8 Å². The number of fused-ring (bicyclic) bond motifs is 1. The van der Waals surface area contributed by atoms with Gasteiger partial charge < -0.3 is 14.7 Å². The zero-order valence-electron chi connectivity index (χ0n) is 16.3. The summed E-state index contributed by atoms with van der Waals surface area (Å²) in [5.74, 6) is -0.267. The van der Waals surface area contributed by atoms with E-state index < -0.39 is 5.97 Å². The molecule has 0 unspecified atom stereocenters. The highest BCUT2D eigenvalue weighted by atomic mass is 16.5. The molecule has 3 aromatic rings. The van der Waals surface area contributed by atoms with Crippen LogP contribution in [0.3, 0.4) is 0 Å². The molecule has 0 aromatic heterocycles. The number of nitrogens with zero attached hydrogens (tertiary/aromatic N) is 1. The van der Waals surface area contributed by atoms with Gasteiger partial charge in [0.2, 0.25) is 0 Å². The van der Waals surface area contributed by atoms with Crippen LogP contribution in [0.2, 0.25) is 0 Å². The Kier molecular flexibility index (Phi) is 6.45. The molecule has 0 saturated heterocycles. The second-order valence-electron chi connectivity index (χ2n) is 7.06. The van der Waals surface area contributed by atoms with Gasteiger partial charge in [0.1, 0.15) is 5.75 Å². The number of aliphatic carboxylic acids is 1. The Balaban J connectivity index is 1.73. The highest BCUT2D eigenvalue weighted by Gasteiger charge is 2.06. The van der Waals surface area contributed by atoms with Crippen molar-refractivity contribution in [1.82, 2.24) is 4.90 Å². The molecule has 1 N–H and O–H groups in total. The zero-order valence-corrected chi connectivity index (χ0v) is 16.3. The Morgan fingerprint density at radius 1 is 1.00 bits per heavy atom. The Morgan fingerprint density at radius 2 is 1.75 bits per heavy atom. The van der Waals surface area contributed by atoms with Crippen LogP contribution in [0.5, 0.6) is 5.75 Å². The minimum Gasteiger partial charge on any atom is -0.493 e. The Bertz CT molecular complexity index is 992. The SMILES string of the molecule is CN(C)Cc1ccc(/C=C/C(=O)O)c(OCCc2ccc3ccccc3c2)c1. The summed E-state index contributed by atoms with van der Waals surface area (Å²) in [5, 5.41) is 11.4. The van der Waals surface area contributed by atoms with Crippen molar-refractivity contribution in [3.05, 3.63) is 83.4 Å². The summed E-state index contributed by atoms with van der Waals surface area (Å²) in [6.45, 7) is 1.32. The lowest BCUT2D eigenvalue weighted by atomic mass is 10.1. The highest BCUT2D eigenvalue weighted by Crippen LogP contribution is 2.23. The van der Waals surface area contributed by atoms with E-state index in [1.165, 1.54) is 16.3 Å². The quantitative estimate of drug-likeness (QED) is 0.584. The van der Waals surface area contributed by atoms with Gasteiger partial charge in [0.25, 0.3) is 0 Å². The van der Waals surface area contributed by atoms with Crippen LogP contribution >= 0.6 is 0 Å². The minimum atomic E-state index is -0.973. The molecule has 4 nitrogen and oxygen atoms in total. The number of ether oxygens (including phenoxy) is 1. The zero-order chi connectivity index (χ0) is 19.9. The Morgan fingerprint density at radius 3 is 2.50 bits per heavy atom. The molecule has 0 aliphatic heterocycles. The molecule has 0 bridgehead atoms. The average molecular weight is 375 g/mol. The number of hydrogen-bond acceptors (Lipinski definition) is 3. The summed E-state index contributed by atoms with van der Waals surface area (Å²) in [6, 6.07) is 20.6. The fourth-order valence-corrected chi connectivity index (χ4v) is 3.14. The molecule has 3 rings (SSSR count). The van der Waals surface area contributed by atoms with Gasteiger partial charge in [-0.2, -0.15) is 0 Å². The van der Waals surface area contributed by atoms with Gasteiger partial charge >= 0.3 is 5.97 Å². The lowest BCUT2D eigenvalue weighted by molar-refractivity contribution is -0.131. The van der Waals surface area contributed by atoms with Crippen LogP contribution < -0.4 is 4.74 Å². The molecule has 0 amide bonds. The van der Waals surface area contributed by atoms with Crippen LogP contribution in [0, 0.1) is 0 Å². The maximum atomic E-state index is 10.9. The first kappa shape index (κ1) is 19.6. The van der Waals surface area contributed by atoms with E-state index in [0.717, 1.165) is 30.2 Å². The van der Waals surface area contributed by atoms with Gasteiger partial charge in [0.15, 0.2) is 0 Å². The van der Waals surface area contributed by atoms with Gasteiger partial charge in [-0.15, -0.1) is 0 Å². The molecule has 0 spiro atoms. The van der Waals surface area contributed by atoms with Crippen molar-refractivity contribution in [3.8, 4) is 5.75 Å². The van der Waals surface area contributed by atoms with E-state index in [9.17, 15) is 4.79 Å². The third kappa shape index (κ3) is 5.44. The van der Waals surface area contributed by atoms with Crippen LogP contribution in [-0.4, -0.2) is 36.7 Å². The van der Waals surface area contributed by atoms with Gasteiger partial charge in [-0.05, 0) is 48.1 Å². The second-order valence-corrected chi connectivity index (χ2v) is 7.06. The fourth-order valence-electron chi connectivity index (χ4n) is 3.14. The maximum absolute atomic E-state index is 10.9. The van der Waals surface area contributed by atoms with Crippen molar-refractivity contribution in [3.63, 3.8) is 0 Å². The Labute approximate surface area is 165 Å². The summed E-state index contributed by atoms with van der Waals surface area (Å²) in [4.78, 5) is 13.0. The number of carboxylic acid groups (broad SMARTS) is 1. The summed E-state index contributed by atoms with van der Waals surface area (Å²) in [7, 11) is 4.02. The van der Waals surface area contributed by atoms with Crippen LogP contribution in [0.1, 0.15) is 16.7 Å². The molecule has 28 heavy (non-hydrogen) atoms. The van der Waals surface area contributed by atoms with Crippen molar-refractivity contribution in [2.45, 2.75) is 13.0 Å². The lowest BCUT2D eigenvalue weighted by Crippen LogP contribution is -2.11. The molecular weight excluding hydrogens is 350 g/mol. The van der Waals surface area contributed by atoms with Crippen molar-refractivity contribution >= 4 is 22.8 Å². The second kappa shape index (κ2) is 9.20. The molecule has 0 atom stereocenters. The van der Waals surface area contributed by atoms with Crippen molar-refractivity contribution in [2.24, 2.45) is 0 Å². The Hall–Kier alpha value is -3.11. The van der Waals surface area contributed by atoms with E-state index in [-0.39, 0.29) is 0 Å². The molecular formula is C24H25NO3. The molecule has 0 radical (unpaired) electrons. The van der Waals surface area contributed by atoms with Gasteiger partial charge in [0, 0.05) is 24.6 Å². The van der Waals surface area contributed by atoms with Crippen LogP contribution in [0.15, 0.2) is 66.7 Å². The first-order valence-corrected chi connectivity index (χ1v) is 9.30. The summed E-state index contributed by atoms with van der Waals surface area (Å²) >= 11 is 0. The highest BCUT2D eigenvalue weighted by molar-refractivity contribution is 5.86. The normalized spacial score (nSPS) is 11.4. The number of carbonyl (C=O) groups is 1. The lowest BCUT2D eigenvalue weighted by Gasteiger charge is -2.14. The fraction of sp³-hybridized carbons (Fsp3) is 0.208. The molecule has 0 saturated carbocycles. The van der Waals surface area contributed by atoms with E-state index in [4.69, 9.17) is 9.84 Å². The molecule has 144 valence electrons. The third-order valence-corrected chi connectivity index (χ3v) is 4.44. The standard InChI is InChI=1S/C24H25NO3/c1-25(2)17-19-8-10-21(11-12-24(26)27)23(16-19)28-14-13-18-7-9-20-5-3-4-6-22(20)15-18/h3-12,15-16H,13-14,17H2,1-2H3,(H,26,27)/b12-11+. The van der Waals surface area contributed by atoms with Crippen LogP contribution in [-0.2, 0) is 17.8 Å². The van der Waals surface area contributed by atoms with Crippen molar-refractivity contribution < 1.29 is 14.6 Å². The molecule has 0 fully saturated rings. The van der Waals surface area contributed by atoms with Gasteiger partial charge in [-0.3, -0.25) is 0 Å². The summed E-state index contributed by atoms with van der Waals surface area (Å²) in [5.41, 5.74) is 3.10. The predicted molar refractivity (Wildman–Crippen MR) is 114 cm³/mol. The molecule has 3 aromatic carbocycles. The van der Waals surface area contributed by atoms with E-state index in [2.05, 4.69) is 35.2 Å². The number of benzene rings is 3. The number of hydrogen-bond donors (Lipinski definition) is 1. The van der Waals surface area contributed by atoms with E-state index in [0.29, 0.717) is 12.4 Å². The number of rotatable bonds is 8. The van der Waals surface area contributed by atoms with E-state index >= 15 is 0 Å². The smallest absolute Gasteiger partial charge is 0.328 e. The van der Waals surface area contributed by atoms with Crippen molar-refractivity contribution in [1.29, 1.82) is 0 Å². The summed E-state index contributed by atoms with van der Waals surface area (Å²) in [6.07, 6.45) is 3.50. The molecule has 4 heteroatoms. The first-order valence-electron chi connectivity index (χ1n) is 9.30. The molecule has 0 heterocycles. The van der Waals surface area contributed by atoms with Crippen LogP contribution in [0.25, 0.3) is 16.8 Å². The number of carboxylic acids is 1. The monoisotopic (exact) mass is 375 g/mol. The summed E-state index contributed by atoms with van der Waals surface area (Å²) < 4.78 is 6.04. The molecule has 0 aliphatic rings. The third-order valence-electron chi connectivity index (χ3n) is 4.44. The van der Waals surface area contributed by atoms with Gasteiger partial charge in [0.05, 0.1) is 6.61 Å². The largest absolute Gasteiger partial charge is 0.493 e. The van der Waals surface area contributed by atoms with Crippen molar-refractivity contribution in [2.75, 3.05) is 20.7 Å². The molecule has 0 aliphatic carbocycles. The maximum Gasteiger partial charge on any atom is 0.328 e. The van der Waals surface area contributed by atoms with Gasteiger partial charge in [-0.25, -0.2) is 4.79 Å². The predicted octanol–water partition coefficient (Wildman–Crippen LogP) is 4.62. The van der Waals surface area contributed by atoms with E-state index in [1.54, 1.807) is 6.08 Å². The average Bonchev–Trinajstić information content (AvgIpc) is 2.66. The van der Waals surface area contributed by atoms with E-state index in [1.807, 2.05) is 44.4 Å². The van der Waals surface area contributed by atoms with Crippen LogP contribution in [0.4, 0.5) is 0 Å². The minimum absolute atomic E-state index is 0.525. The van der Waals surface area contributed by atoms with Gasteiger partial charge in [-0.1, -0.05) is 54.6 Å². The first-order chi connectivity index (χ1) is 13.5.